The Bertz CT molecular complexity index is 922. The second-order valence-corrected chi connectivity index (χ2v) is 6.44. The summed E-state index contributed by atoms with van der Waals surface area (Å²) in [7, 11) is 2.41. The minimum absolute atomic E-state index is 0.0117. The zero-order valence-corrected chi connectivity index (χ0v) is 16.7. The Morgan fingerprint density at radius 2 is 1.50 bits per heavy atom. The Morgan fingerprint density at radius 1 is 0.893 bits per heavy atom. The number of methoxy groups -OCH3 is 2. The van der Waals surface area contributed by atoms with Crippen LogP contribution in [0.25, 0.3) is 0 Å². The van der Waals surface area contributed by atoms with E-state index in [9.17, 15) is 19.2 Å². The molecule has 0 spiro atoms. The van der Waals surface area contributed by atoms with Gasteiger partial charge in [0.2, 0.25) is 5.78 Å². The van der Waals surface area contributed by atoms with Crippen LogP contribution in [-0.4, -0.2) is 44.0 Å². The van der Waals surface area contributed by atoms with Gasteiger partial charge in [0, 0.05) is 12.5 Å². The van der Waals surface area contributed by atoms with Crippen LogP contribution in [0.1, 0.15) is 27.7 Å². The first-order chi connectivity index (χ1) is 13.1. The second-order valence-electron chi connectivity index (χ2n) is 6.44. The van der Waals surface area contributed by atoms with Crippen LogP contribution >= 0.6 is 0 Å². The number of rotatable bonds is 3. The fraction of sp³-hybridized carbons (Fsp3) is 0.333. The lowest BCUT2D eigenvalue weighted by molar-refractivity contribution is -0.149. The van der Waals surface area contributed by atoms with Crippen LogP contribution in [-0.2, 0) is 33.4 Å². The fourth-order valence-electron chi connectivity index (χ4n) is 3.35. The number of esters is 3. The van der Waals surface area contributed by atoms with E-state index in [1.807, 2.05) is 0 Å². The Labute approximate surface area is 163 Å². The molecular formula is C21H22O7. The van der Waals surface area contributed by atoms with E-state index in [0.717, 1.165) is 0 Å². The van der Waals surface area contributed by atoms with Gasteiger partial charge in [-0.05, 0) is 55.2 Å². The lowest BCUT2D eigenvalue weighted by Gasteiger charge is -2.20. The molecule has 7 nitrogen and oxygen atoms in total. The Morgan fingerprint density at radius 3 is 2.04 bits per heavy atom. The molecule has 1 unspecified atom stereocenters. The van der Waals surface area contributed by atoms with Gasteiger partial charge in [-0.3, -0.25) is 9.59 Å². The summed E-state index contributed by atoms with van der Waals surface area (Å²) in [4.78, 5) is 49.2. The Balaban J connectivity index is 2.97. The zero-order chi connectivity index (χ0) is 21.2. The molecule has 28 heavy (non-hydrogen) atoms. The van der Waals surface area contributed by atoms with Gasteiger partial charge in [-0.2, -0.15) is 0 Å². The van der Waals surface area contributed by atoms with Gasteiger partial charge in [0.1, 0.15) is 0 Å². The summed E-state index contributed by atoms with van der Waals surface area (Å²) < 4.78 is 15.0. The third-order valence-electron chi connectivity index (χ3n) is 4.54. The molecule has 0 aromatic carbocycles. The van der Waals surface area contributed by atoms with Crippen molar-refractivity contribution in [3.8, 4) is 0 Å². The van der Waals surface area contributed by atoms with Crippen molar-refractivity contribution in [3.63, 3.8) is 0 Å². The van der Waals surface area contributed by atoms with E-state index in [-0.39, 0.29) is 11.1 Å². The molecule has 0 fully saturated rings. The van der Waals surface area contributed by atoms with E-state index in [2.05, 4.69) is 0 Å². The molecule has 1 atom stereocenters. The van der Waals surface area contributed by atoms with Crippen molar-refractivity contribution in [2.24, 2.45) is 0 Å². The molecule has 0 radical (unpaired) electrons. The van der Waals surface area contributed by atoms with E-state index in [0.29, 0.717) is 27.9 Å². The molecule has 0 amide bonds. The first-order valence-electron chi connectivity index (χ1n) is 8.55. The topological polar surface area (TPSA) is 96.0 Å². The third kappa shape index (κ3) is 3.74. The van der Waals surface area contributed by atoms with Crippen LogP contribution in [0.5, 0.6) is 0 Å². The van der Waals surface area contributed by atoms with Gasteiger partial charge < -0.3 is 14.2 Å². The van der Waals surface area contributed by atoms with E-state index in [4.69, 9.17) is 14.2 Å². The highest BCUT2D eigenvalue weighted by atomic mass is 16.5. The number of carbonyl (C=O) groups excluding carboxylic acids is 4. The van der Waals surface area contributed by atoms with Gasteiger partial charge in [-0.25, -0.2) is 9.59 Å². The predicted molar refractivity (Wildman–Crippen MR) is 99.9 cm³/mol. The van der Waals surface area contributed by atoms with E-state index in [1.165, 1.54) is 33.3 Å². The Kier molecular flexibility index (Phi) is 6.18. The lowest BCUT2D eigenvalue weighted by atomic mass is 9.86. The van der Waals surface area contributed by atoms with Gasteiger partial charge in [0.25, 0.3) is 0 Å². The first kappa shape index (κ1) is 21.1. The average Bonchev–Trinajstić information content (AvgIpc) is 2.84. The van der Waals surface area contributed by atoms with Crippen molar-refractivity contribution < 1.29 is 33.4 Å². The number of hydrogen-bond donors (Lipinski definition) is 0. The van der Waals surface area contributed by atoms with Crippen LogP contribution in [0, 0.1) is 0 Å². The molecule has 7 heteroatoms. The summed E-state index contributed by atoms with van der Waals surface area (Å²) in [5, 5.41) is 0. The molecule has 0 heterocycles. The predicted octanol–water partition coefficient (Wildman–Crippen LogP) is 2.29. The monoisotopic (exact) mass is 386 g/mol. The summed E-state index contributed by atoms with van der Waals surface area (Å²) in [5.74, 6) is -2.49. The molecule has 148 valence electrons. The van der Waals surface area contributed by atoms with Gasteiger partial charge >= 0.3 is 17.9 Å². The number of ether oxygens (including phenoxy) is 3. The highest BCUT2D eigenvalue weighted by Crippen LogP contribution is 2.39. The smallest absolute Gasteiger partial charge is 0.339 e. The number of hydrogen-bond acceptors (Lipinski definition) is 7. The van der Waals surface area contributed by atoms with E-state index in [1.54, 1.807) is 26.8 Å². The standard InChI is InChI=1S/C21H22O7/c1-10-7-8-14(20(24)26-5)18(21(25)27-6)17-11(2)9-15(23)19(28-13(4)22)12(3)16(10)17/h7-9,19H,1-6H3. The summed E-state index contributed by atoms with van der Waals surface area (Å²) in [6.45, 7) is 6.30. The zero-order valence-electron chi connectivity index (χ0n) is 16.7. The normalized spacial score (nSPS) is 19.6. The SMILES string of the molecule is COC(=O)C1=CC=C(C)C2=C(C)C(OC(C)=O)C(=O)C=C(C)C2=C1C(=O)OC. The molecule has 2 aliphatic rings. The molecule has 0 N–H and O–H groups in total. The second kappa shape index (κ2) is 8.21. The molecule has 0 saturated carbocycles. The maximum absolute atomic E-state index is 12.7. The summed E-state index contributed by atoms with van der Waals surface area (Å²) in [5.41, 5.74) is 2.50. The van der Waals surface area contributed by atoms with Crippen molar-refractivity contribution in [2.45, 2.75) is 33.8 Å². The summed E-state index contributed by atoms with van der Waals surface area (Å²) in [6, 6.07) is 0. The molecule has 0 aliphatic heterocycles. The van der Waals surface area contributed by atoms with Crippen LogP contribution in [0.2, 0.25) is 0 Å². The highest BCUT2D eigenvalue weighted by Gasteiger charge is 2.36. The van der Waals surface area contributed by atoms with Crippen molar-refractivity contribution in [1.82, 2.24) is 0 Å². The molecule has 0 bridgehead atoms. The van der Waals surface area contributed by atoms with E-state index < -0.39 is 29.8 Å². The van der Waals surface area contributed by atoms with Crippen LogP contribution in [0.15, 0.2) is 57.2 Å². The summed E-state index contributed by atoms with van der Waals surface area (Å²) >= 11 is 0. The van der Waals surface area contributed by atoms with Crippen LogP contribution in [0.4, 0.5) is 0 Å². The number of fused-ring (bicyclic) bond motifs is 1. The van der Waals surface area contributed by atoms with Gasteiger partial charge in [0.05, 0.1) is 25.4 Å². The number of carbonyl (C=O) groups is 4. The Hall–Kier alpha value is -3.22. The van der Waals surface area contributed by atoms with Gasteiger partial charge in [-0.15, -0.1) is 0 Å². The minimum atomic E-state index is -1.12. The minimum Gasteiger partial charge on any atom is -0.465 e. The van der Waals surface area contributed by atoms with Crippen molar-refractivity contribution in [2.75, 3.05) is 14.2 Å². The van der Waals surface area contributed by atoms with Crippen LogP contribution < -0.4 is 0 Å². The number of allylic oxidation sites excluding steroid dienone is 6. The van der Waals surface area contributed by atoms with Crippen molar-refractivity contribution in [3.05, 3.63) is 57.2 Å². The maximum atomic E-state index is 12.7. The van der Waals surface area contributed by atoms with Crippen molar-refractivity contribution >= 4 is 23.7 Å². The van der Waals surface area contributed by atoms with E-state index >= 15 is 0 Å². The first-order valence-corrected chi connectivity index (χ1v) is 8.55. The van der Waals surface area contributed by atoms with Gasteiger partial charge in [-0.1, -0.05) is 6.08 Å². The summed E-state index contributed by atoms with van der Waals surface area (Å²) in [6.07, 6.45) is 3.30. The largest absolute Gasteiger partial charge is 0.465 e. The molecule has 0 saturated heterocycles. The highest BCUT2D eigenvalue weighted by molar-refractivity contribution is 6.10. The maximum Gasteiger partial charge on any atom is 0.339 e. The fourth-order valence-corrected chi connectivity index (χ4v) is 3.35. The molecular weight excluding hydrogens is 364 g/mol. The number of ketones is 1. The van der Waals surface area contributed by atoms with Crippen molar-refractivity contribution in [1.29, 1.82) is 0 Å². The third-order valence-corrected chi connectivity index (χ3v) is 4.54. The molecule has 2 aliphatic carbocycles. The molecule has 2 rings (SSSR count). The lowest BCUT2D eigenvalue weighted by Crippen LogP contribution is -2.26. The van der Waals surface area contributed by atoms with Gasteiger partial charge in [0.15, 0.2) is 6.10 Å². The van der Waals surface area contributed by atoms with Crippen LogP contribution in [0.3, 0.4) is 0 Å². The molecule has 0 aromatic rings. The quantitative estimate of drug-likeness (QED) is 0.542. The average molecular weight is 386 g/mol. The molecule has 0 aromatic heterocycles.